The highest BCUT2D eigenvalue weighted by atomic mass is 16.6. The Balaban J connectivity index is 3.43. The fourth-order valence-electron chi connectivity index (χ4n) is 8.96. The number of hydrogen-bond acceptors (Lipinski definition) is 5. The van der Waals surface area contributed by atoms with Crippen LogP contribution in [0.1, 0.15) is 316 Å². The summed E-state index contributed by atoms with van der Waals surface area (Å²) in [5.41, 5.74) is 0. The van der Waals surface area contributed by atoms with Gasteiger partial charge in [0.1, 0.15) is 6.61 Å². The van der Waals surface area contributed by atoms with E-state index < -0.39 is 6.10 Å². The summed E-state index contributed by atoms with van der Waals surface area (Å²) in [6.45, 7) is 4.08. The lowest BCUT2D eigenvalue weighted by atomic mass is 10.0. The standard InChI is InChI=1S/C62H114O5/c1-3-5-7-9-11-13-15-17-19-21-23-25-27-29-30-31-32-33-35-37-39-41-43-45-47-49-51-53-55-57-62(65)67-60(58-63)59-66-61(64)56-54-52-50-48-46-44-42-40-38-36-34-28-26-24-22-20-18-16-14-12-10-8-6-4-2/h5,7,11,13,17,19,23,25,60,63H,3-4,6,8-10,12,14-16,18,20-22,24,26-59H2,1-2H3/b7-5-,13-11-,19-17-,25-23-. The number of rotatable bonds is 55. The molecule has 67 heavy (non-hydrogen) atoms. The third kappa shape index (κ3) is 56.3. The maximum atomic E-state index is 12.3. The van der Waals surface area contributed by atoms with Crippen LogP contribution in [-0.4, -0.2) is 36.4 Å². The van der Waals surface area contributed by atoms with Crippen molar-refractivity contribution in [2.75, 3.05) is 13.2 Å². The predicted molar refractivity (Wildman–Crippen MR) is 293 cm³/mol. The predicted octanol–water partition coefficient (Wildman–Crippen LogP) is 20.0. The van der Waals surface area contributed by atoms with E-state index in [2.05, 4.69) is 62.5 Å². The smallest absolute Gasteiger partial charge is 0.306 e. The number of unbranched alkanes of at least 4 members (excludes halogenated alkanes) is 39. The zero-order chi connectivity index (χ0) is 48.5. The van der Waals surface area contributed by atoms with E-state index in [1.165, 1.54) is 231 Å². The highest BCUT2D eigenvalue weighted by Gasteiger charge is 2.16. The van der Waals surface area contributed by atoms with Gasteiger partial charge in [-0.1, -0.05) is 300 Å². The number of esters is 2. The summed E-state index contributed by atoms with van der Waals surface area (Å²) in [6, 6.07) is 0. The second-order valence-electron chi connectivity index (χ2n) is 20.1. The number of aliphatic hydroxyl groups excluding tert-OH is 1. The first-order valence-corrected chi connectivity index (χ1v) is 29.7. The molecule has 5 nitrogen and oxygen atoms in total. The van der Waals surface area contributed by atoms with Crippen molar-refractivity contribution in [1.82, 2.24) is 0 Å². The van der Waals surface area contributed by atoms with E-state index in [0.717, 1.165) is 57.8 Å². The summed E-state index contributed by atoms with van der Waals surface area (Å²) in [4.78, 5) is 24.6. The molecule has 5 heteroatoms. The molecule has 392 valence electrons. The average Bonchev–Trinajstić information content (AvgIpc) is 3.33. The van der Waals surface area contributed by atoms with Gasteiger partial charge in [0, 0.05) is 12.8 Å². The van der Waals surface area contributed by atoms with Gasteiger partial charge in [-0.2, -0.15) is 0 Å². The maximum Gasteiger partial charge on any atom is 0.306 e. The second kappa shape index (κ2) is 58.2. The number of carbonyl (C=O) groups is 2. The normalized spacial score (nSPS) is 12.5. The van der Waals surface area contributed by atoms with Crippen LogP contribution in [0.3, 0.4) is 0 Å². The minimum atomic E-state index is -0.770. The second-order valence-corrected chi connectivity index (χ2v) is 20.1. The molecule has 0 rings (SSSR count). The van der Waals surface area contributed by atoms with Crippen LogP contribution in [0.2, 0.25) is 0 Å². The molecule has 0 spiro atoms. The van der Waals surface area contributed by atoms with E-state index in [4.69, 9.17) is 9.47 Å². The molecule has 1 N–H and O–H groups in total. The Morgan fingerprint density at radius 3 is 0.970 bits per heavy atom. The quantitative estimate of drug-likeness (QED) is 0.0374. The van der Waals surface area contributed by atoms with Gasteiger partial charge in [0.15, 0.2) is 6.10 Å². The number of allylic oxidation sites excluding steroid dienone is 8. The molecular weight excluding hydrogens is 825 g/mol. The van der Waals surface area contributed by atoms with Crippen molar-refractivity contribution >= 4 is 11.9 Å². The molecule has 0 saturated heterocycles. The minimum absolute atomic E-state index is 0.0608. The van der Waals surface area contributed by atoms with E-state index in [-0.39, 0.29) is 25.2 Å². The summed E-state index contributed by atoms with van der Waals surface area (Å²) in [5.74, 6) is -0.572. The van der Waals surface area contributed by atoms with Gasteiger partial charge >= 0.3 is 11.9 Å². The third-order valence-corrected chi connectivity index (χ3v) is 13.4. The first-order valence-electron chi connectivity index (χ1n) is 29.7. The highest BCUT2D eigenvalue weighted by molar-refractivity contribution is 5.70. The molecule has 0 amide bonds. The Labute approximate surface area is 418 Å². The molecule has 0 aromatic heterocycles. The Bertz CT molecular complexity index is 1110. The number of ether oxygens (including phenoxy) is 2. The molecular formula is C62H114O5. The fraction of sp³-hybridized carbons (Fsp3) is 0.839. The van der Waals surface area contributed by atoms with Gasteiger partial charge in [0.25, 0.3) is 0 Å². The number of carbonyl (C=O) groups excluding carboxylic acids is 2. The average molecular weight is 940 g/mol. The molecule has 0 aliphatic carbocycles. The molecule has 0 aliphatic heterocycles. The lowest BCUT2D eigenvalue weighted by Gasteiger charge is -2.15. The molecule has 0 aliphatic rings. The molecule has 0 radical (unpaired) electrons. The summed E-state index contributed by atoms with van der Waals surface area (Å²) < 4.78 is 10.7. The van der Waals surface area contributed by atoms with Gasteiger partial charge in [0.05, 0.1) is 6.61 Å². The maximum absolute atomic E-state index is 12.3. The highest BCUT2D eigenvalue weighted by Crippen LogP contribution is 2.18. The van der Waals surface area contributed by atoms with Crippen molar-refractivity contribution in [2.24, 2.45) is 0 Å². The van der Waals surface area contributed by atoms with Crippen LogP contribution >= 0.6 is 0 Å². The van der Waals surface area contributed by atoms with E-state index in [1.807, 2.05) is 0 Å². The van der Waals surface area contributed by atoms with Crippen molar-refractivity contribution in [3.8, 4) is 0 Å². The van der Waals surface area contributed by atoms with Crippen molar-refractivity contribution in [3.05, 3.63) is 48.6 Å². The van der Waals surface area contributed by atoms with Crippen molar-refractivity contribution in [1.29, 1.82) is 0 Å². The van der Waals surface area contributed by atoms with Gasteiger partial charge in [-0.25, -0.2) is 0 Å². The summed E-state index contributed by atoms with van der Waals surface area (Å²) in [5, 5.41) is 9.67. The van der Waals surface area contributed by atoms with E-state index in [1.54, 1.807) is 0 Å². The van der Waals surface area contributed by atoms with Crippen LogP contribution in [0.4, 0.5) is 0 Å². The van der Waals surface area contributed by atoms with Crippen LogP contribution in [0.15, 0.2) is 48.6 Å². The number of aliphatic hydroxyl groups is 1. The van der Waals surface area contributed by atoms with E-state index >= 15 is 0 Å². The molecule has 0 saturated carbocycles. The Morgan fingerprint density at radius 1 is 0.358 bits per heavy atom. The van der Waals surface area contributed by atoms with Crippen LogP contribution < -0.4 is 0 Å². The van der Waals surface area contributed by atoms with Crippen molar-refractivity contribution < 1.29 is 24.2 Å². The largest absolute Gasteiger partial charge is 0.462 e. The summed E-state index contributed by atoms with van der Waals surface area (Å²) >= 11 is 0. The van der Waals surface area contributed by atoms with Gasteiger partial charge in [0.2, 0.25) is 0 Å². The Hall–Kier alpha value is -2.14. The first-order chi connectivity index (χ1) is 33.1. The molecule has 0 heterocycles. The Kier molecular flexibility index (Phi) is 56.3. The van der Waals surface area contributed by atoms with Crippen LogP contribution in [0.5, 0.6) is 0 Å². The molecule has 1 unspecified atom stereocenters. The summed E-state index contributed by atoms with van der Waals surface area (Å²) in [7, 11) is 0. The molecule has 0 aromatic carbocycles. The first kappa shape index (κ1) is 64.9. The topological polar surface area (TPSA) is 72.8 Å². The molecule has 1 atom stereocenters. The van der Waals surface area contributed by atoms with Crippen molar-refractivity contribution in [2.45, 2.75) is 322 Å². The SMILES string of the molecule is CC/C=C\C/C=C\C/C=C\C/C=C\CCCCCCCCCCCCCCCCCCC(=O)OC(CO)COC(=O)CCCCCCCCCCCCCCCCCCCCCCCCCC. The van der Waals surface area contributed by atoms with Gasteiger partial charge in [-0.15, -0.1) is 0 Å². The summed E-state index contributed by atoms with van der Waals surface area (Å²) in [6.07, 6.45) is 76.7. The van der Waals surface area contributed by atoms with E-state index in [9.17, 15) is 14.7 Å². The lowest BCUT2D eigenvalue weighted by Crippen LogP contribution is -2.28. The zero-order valence-corrected chi connectivity index (χ0v) is 44.9. The van der Waals surface area contributed by atoms with Gasteiger partial charge in [-0.3, -0.25) is 9.59 Å². The number of hydrogen-bond donors (Lipinski definition) is 1. The minimum Gasteiger partial charge on any atom is -0.462 e. The monoisotopic (exact) mass is 939 g/mol. The van der Waals surface area contributed by atoms with Crippen LogP contribution in [0, 0.1) is 0 Å². The van der Waals surface area contributed by atoms with Gasteiger partial charge < -0.3 is 14.6 Å². The molecule has 0 fully saturated rings. The third-order valence-electron chi connectivity index (χ3n) is 13.4. The van der Waals surface area contributed by atoms with Gasteiger partial charge in [-0.05, 0) is 51.4 Å². The molecule has 0 aromatic rings. The lowest BCUT2D eigenvalue weighted by molar-refractivity contribution is -0.161. The van der Waals surface area contributed by atoms with E-state index in [0.29, 0.717) is 12.8 Å². The Morgan fingerprint density at radius 2 is 0.642 bits per heavy atom. The van der Waals surface area contributed by atoms with Crippen molar-refractivity contribution in [3.63, 3.8) is 0 Å². The van der Waals surface area contributed by atoms with Crippen LogP contribution in [0.25, 0.3) is 0 Å². The zero-order valence-electron chi connectivity index (χ0n) is 44.9. The molecule has 0 bridgehead atoms. The fourth-order valence-corrected chi connectivity index (χ4v) is 8.96. The van der Waals surface area contributed by atoms with Crippen LogP contribution in [-0.2, 0) is 19.1 Å².